The molecule has 2 N–H and O–H groups in total. The van der Waals surface area contributed by atoms with E-state index in [1.54, 1.807) is 12.1 Å². The fraction of sp³-hybridized carbons (Fsp3) is 0.429. The summed E-state index contributed by atoms with van der Waals surface area (Å²) in [5.74, 6) is -0.398. The maximum absolute atomic E-state index is 11.1. The molecule has 0 aliphatic heterocycles. The van der Waals surface area contributed by atoms with Crippen LogP contribution in [0.1, 0.15) is 49.5 Å². The van der Waals surface area contributed by atoms with Crippen LogP contribution in [-0.4, -0.2) is 15.7 Å². The first-order valence-corrected chi connectivity index (χ1v) is 6.44. The summed E-state index contributed by atoms with van der Waals surface area (Å²) in [7, 11) is 0. The van der Waals surface area contributed by atoms with Crippen LogP contribution in [0.5, 0.6) is 0 Å². The summed E-state index contributed by atoms with van der Waals surface area (Å²) in [6.45, 7) is 4.35. The standard InChI is InChI=1S/C14H19N3O/c1-3-5-12(4-2)17-9-11-8-10(14(15)18)6-7-13(11)16-17/h6-9,12H,3-5H2,1-2H3,(H2,15,18). The van der Waals surface area contributed by atoms with Gasteiger partial charge in [0, 0.05) is 17.1 Å². The van der Waals surface area contributed by atoms with Crippen molar-refractivity contribution in [3.63, 3.8) is 0 Å². The van der Waals surface area contributed by atoms with Gasteiger partial charge in [-0.05, 0) is 31.0 Å². The van der Waals surface area contributed by atoms with E-state index < -0.39 is 5.91 Å². The van der Waals surface area contributed by atoms with Gasteiger partial charge in [-0.2, -0.15) is 5.10 Å². The van der Waals surface area contributed by atoms with Crippen LogP contribution in [0.25, 0.3) is 10.9 Å². The molecule has 1 heterocycles. The Kier molecular flexibility index (Phi) is 3.65. The second-order valence-corrected chi connectivity index (χ2v) is 4.60. The lowest BCUT2D eigenvalue weighted by atomic mass is 10.1. The number of carbonyl (C=O) groups is 1. The molecule has 1 aromatic carbocycles. The average Bonchev–Trinajstić information content (AvgIpc) is 2.78. The fourth-order valence-electron chi connectivity index (χ4n) is 2.24. The Bertz CT molecular complexity index is 559. The minimum absolute atomic E-state index is 0.398. The van der Waals surface area contributed by atoms with Crippen LogP contribution in [-0.2, 0) is 0 Å². The molecule has 4 nitrogen and oxygen atoms in total. The molecule has 0 radical (unpaired) electrons. The zero-order valence-electron chi connectivity index (χ0n) is 10.9. The highest BCUT2D eigenvalue weighted by Gasteiger charge is 2.11. The van der Waals surface area contributed by atoms with Crippen molar-refractivity contribution < 1.29 is 4.79 Å². The molecule has 2 rings (SSSR count). The van der Waals surface area contributed by atoms with Crippen molar-refractivity contribution in [2.24, 2.45) is 5.73 Å². The van der Waals surface area contributed by atoms with Crippen molar-refractivity contribution in [3.05, 3.63) is 30.0 Å². The third kappa shape index (κ3) is 2.37. The first-order valence-electron chi connectivity index (χ1n) is 6.44. The van der Waals surface area contributed by atoms with E-state index in [-0.39, 0.29) is 0 Å². The molecule has 0 spiro atoms. The Balaban J connectivity index is 2.40. The van der Waals surface area contributed by atoms with Gasteiger partial charge in [-0.25, -0.2) is 0 Å². The average molecular weight is 245 g/mol. The van der Waals surface area contributed by atoms with Crippen LogP contribution in [0.4, 0.5) is 0 Å². The Hall–Kier alpha value is -1.84. The molecule has 0 aliphatic carbocycles. The van der Waals surface area contributed by atoms with Gasteiger partial charge in [0.15, 0.2) is 0 Å². The van der Waals surface area contributed by atoms with Crippen molar-refractivity contribution in [2.45, 2.75) is 39.2 Å². The van der Waals surface area contributed by atoms with E-state index in [0.717, 1.165) is 30.2 Å². The smallest absolute Gasteiger partial charge is 0.248 e. The molecule has 2 aromatic rings. The highest BCUT2D eigenvalue weighted by Crippen LogP contribution is 2.21. The van der Waals surface area contributed by atoms with Crippen molar-refractivity contribution in [3.8, 4) is 0 Å². The van der Waals surface area contributed by atoms with Crippen LogP contribution in [0.3, 0.4) is 0 Å². The number of aromatic nitrogens is 2. The van der Waals surface area contributed by atoms with E-state index in [1.165, 1.54) is 0 Å². The van der Waals surface area contributed by atoms with Crippen molar-refractivity contribution in [2.75, 3.05) is 0 Å². The Labute approximate surface area is 107 Å². The molecule has 1 amide bonds. The number of nitrogens with zero attached hydrogens (tertiary/aromatic N) is 2. The first-order chi connectivity index (χ1) is 8.65. The summed E-state index contributed by atoms with van der Waals surface area (Å²) in [4.78, 5) is 11.1. The predicted molar refractivity (Wildman–Crippen MR) is 72.5 cm³/mol. The van der Waals surface area contributed by atoms with Crippen LogP contribution < -0.4 is 5.73 Å². The molecular weight excluding hydrogens is 226 g/mol. The maximum atomic E-state index is 11.1. The lowest BCUT2D eigenvalue weighted by Crippen LogP contribution is -2.10. The molecule has 96 valence electrons. The van der Waals surface area contributed by atoms with Gasteiger partial charge in [-0.15, -0.1) is 0 Å². The lowest BCUT2D eigenvalue weighted by Gasteiger charge is -2.13. The Morgan fingerprint density at radius 2 is 2.22 bits per heavy atom. The number of nitrogens with two attached hydrogens (primary N) is 1. The van der Waals surface area contributed by atoms with E-state index in [2.05, 4.69) is 18.9 Å². The number of rotatable bonds is 5. The first kappa shape index (κ1) is 12.6. The molecule has 1 unspecified atom stereocenters. The zero-order valence-corrected chi connectivity index (χ0v) is 10.9. The van der Waals surface area contributed by atoms with Gasteiger partial charge in [-0.3, -0.25) is 9.48 Å². The summed E-state index contributed by atoms with van der Waals surface area (Å²) in [6, 6.07) is 5.81. The Morgan fingerprint density at radius 1 is 1.44 bits per heavy atom. The molecule has 0 saturated carbocycles. The number of hydrogen-bond acceptors (Lipinski definition) is 2. The van der Waals surface area contributed by atoms with E-state index >= 15 is 0 Å². The van der Waals surface area contributed by atoms with Gasteiger partial charge in [0.25, 0.3) is 0 Å². The molecule has 0 aliphatic rings. The molecule has 0 bridgehead atoms. The van der Waals surface area contributed by atoms with Crippen molar-refractivity contribution >= 4 is 16.8 Å². The third-order valence-electron chi connectivity index (χ3n) is 3.27. The van der Waals surface area contributed by atoms with Crippen LogP contribution in [0.15, 0.2) is 24.4 Å². The largest absolute Gasteiger partial charge is 0.366 e. The molecule has 0 fully saturated rings. The monoisotopic (exact) mass is 245 g/mol. The molecule has 1 atom stereocenters. The summed E-state index contributed by atoms with van der Waals surface area (Å²) in [5.41, 5.74) is 6.72. The topological polar surface area (TPSA) is 60.9 Å². The number of carbonyl (C=O) groups excluding carboxylic acids is 1. The SMILES string of the molecule is CCCC(CC)n1cc2cc(C(N)=O)ccc2n1. The van der Waals surface area contributed by atoms with Crippen LogP contribution in [0.2, 0.25) is 0 Å². The van der Waals surface area contributed by atoms with Crippen molar-refractivity contribution in [1.82, 2.24) is 9.78 Å². The quantitative estimate of drug-likeness (QED) is 0.880. The number of amides is 1. The third-order valence-corrected chi connectivity index (χ3v) is 3.27. The highest BCUT2D eigenvalue weighted by atomic mass is 16.1. The number of fused-ring (bicyclic) bond motifs is 1. The fourth-order valence-corrected chi connectivity index (χ4v) is 2.24. The minimum Gasteiger partial charge on any atom is -0.366 e. The van der Waals surface area contributed by atoms with Gasteiger partial charge in [0.05, 0.1) is 11.6 Å². The second-order valence-electron chi connectivity index (χ2n) is 4.60. The van der Waals surface area contributed by atoms with E-state index in [9.17, 15) is 4.79 Å². The summed E-state index contributed by atoms with van der Waals surface area (Å²) < 4.78 is 2.01. The second kappa shape index (κ2) is 5.21. The van der Waals surface area contributed by atoms with Crippen LogP contribution in [0, 0.1) is 0 Å². The molecule has 18 heavy (non-hydrogen) atoms. The number of hydrogen-bond donors (Lipinski definition) is 1. The zero-order chi connectivity index (χ0) is 13.1. The molecular formula is C14H19N3O. The summed E-state index contributed by atoms with van der Waals surface area (Å²) in [5, 5.41) is 5.54. The van der Waals surface area contributed by atoms with Gasteiger partial charge in [-0.1, -0.05) is 20.3 Å². The van der Waals surface area contributed by atoms with E-state index in [0.29, 0.717) is 11.6 Å². The predicted octanol–water partition coefficient (Wildman–Crippen LogP) is 2.89. The number of benzene rings is 1. The minimum atomic E-state index is -0.398. The van der Waals surface area contributed by atoms with E-state index in [1.807, 2.05) is 16.9 Å². The summed E-state index contributed by atoms with van der Waals surface area (Å²) in [6.07, 6.45) is 5.32. The normalized spacial score (nSPS) is 12.8. The van der Waals surface area contributed by atoms with Crippen molar-refractivity contribution in [1.29, 1.82) is 0 Å². The highest BCUT2D eigenvalue weighted by molar-refractivity contribution is 5.96. The van der Waals surface area contributed by atoms with Gasteiger partial charge in [0.2, 0.25) is 5.91 Å². The maximum Gasteiger partial charge on any atom is 0.248 e. The summed E-state index contributed by atoms with van der Waals surface area (Å²) >= 11 is 0. The Morgan fingerprint density at radius 3 is 2.83 bits per heavy atom. The van der Waals surface area contributed by atoms with E-state index in [4.69, 9.17) is 5.73 Å². The van der Waals surface area contributed by atoms with Gasteiger partial charge >= 0.3 is 0 Å². The van der Waals surface area contributed by atoms with Gasteiger partial charge < -0.3 is 5.73 Å². The molecule has 1 aromatic heterocycles. The van der Waals surface area contributed by atoms with Crippen LogP contribution >= 0.6 is 0 Å². The number of primary amides is 1. The molecule has 0 saturated heterocycles. The van der Waals surface area contributed by atoms with Gasteiger partial charge in [0.1, 0.15) is 0 Å². The lowest BCUT2D eigenvalue weighted by molar-refractivity contribution is 0.100. The molecule has 4 heteroatoms.